The van der Waals surface area contributed by atoms with E-state index in [-0.39, 0.29) is 11.8 Å². The van der Waals surface area contributed by atoms with Gasteiger partial charge in [0, 0.05) is 12.5 Å². The van der Waals surface area contributed by atoms with E-state index in [2.05, 4.69) is 0 Å². The summed E-state index contributed by atoms with van der Waals surface area (Å²) in [5, 5.41) is 14.7. The Morgan fingerprint density at radius 1 is 1.14 bits per heavy atom. The summed E-state index contributed by atoms with van der Waals surface area (Å²) < 4.78 is 4.90. The van der Waals surface area contributed by atoms with Crippen LogP contribution in [0.5, 0.6) is 0 Å². The van der Waals surface area contributed by atoms with E-state index in [1.54, 1.807) is 0 Å². The largest absolute Gasteiger partial charge is 0.426 e. The number of ether oxygens (including phenoxy) is 1. The molecule has 0 aromatic heterocycles. The Balaban J connectivity index is 2.91. The maximum Gasteiger partial charge on any atom is 0.220 e. The van der Waals surface area contributed by atoms with Gasteiger partial charge in [-0.1, -0.05) is 6.07 Å². The second-order valence-corrected chi connectivity index (χ2v) is 3.29. The Morgan fingerprint density at radius 2 is 1.79 bits per heavy atom. The molecular formula is C11H14N2O. The number of benzene rings is 1. The first-order valence-electron chi connectivity index (χ1n) is 4.40. The molecule has 0 saturated heterocycles. The third kappa shape index (κ3) is 2.42. The maximum atomic E-state index is 7.56. The first kappa shape index (κ1) is 10.4. The minimum atomic E-state index is 0.0283. The van der Waals surface area contributed by atoms with Gasteiger partial charge in [0.05, 0.1) is 0 Å². The third-order valence-electron chi connectivity index (χ3n) is 2.02. The van der Waals surface area contributed by atoms with Gasteiger partial charge in [-0.25, -0.2) is 0 Å². The van der Waals surface area contributed by atoms with Crippen LogP contribution in [0.25, 0.3) is 0 Å². The number of nitrogens with one attached hydrogen (secondary N) is 2. The Labute approximate surface area is 83.7 Å². The molecule has 0 radical (unpaired) electrons. The van der Waals surface area contributed by atoms with E-state index in [4.69, 9.17) is 15.6 Å². The summed E-state index contributed by atoms with van der Waals surface area (Å²) >= 11 is 0. The molecule has 1 rings (SSSR count). The smallest absolute Gasteiger partial charge is 0.220 e. The summed E-state index contributed by atoms with van der Waals surface area (Å²) in [6.45, 7) is 5.52. The van der Waals surface area contributed by atoms with Crippen LogP contribution in [0.15, 0.2) is 18.2 Å². The molecule has 0 spiro atoms. The normalized spacial score (nSPS) is 9.64. The fourth-order valence-electron chi connectivity index (χ4n) is 1.09. The van der Waals surface area contributed by atoms with Crippen molar-refractivity contribution in [3.05, 3.63) is 34.9 Å². The Bertz CT molecular complexity index is 383. The van der Waals surface area contributed by atoms with E-state index in [9.17, 15) is 0 Å². The van der Waals surface area contributed by atoms with E-state index >= 15 is 0 Å². The number of aryl methyl sites for hydroxylation is 2. The summed E-state index contributed by atoms with van der Waals surface area (Å²) in [6.07, 6.45) is 0. The number of hydrogen-bond donors (Lipinski definition) is 2. The van der Waals surface area contributed by atoms with Crippen molar-refractivity contribution in [3.8, 4) is 0 Å². The zero-order chi connectivity index (χ0) is 10.7. The predicted molar refractivity (Wildman–Crippen MR) is 57.2 cm³/mol. The van der Waals surface area contributed by atoms with Crippen LogP contribution in [0.4, 0.5) is 0 Å². The average molecular weight is 190 g/mol. The molecule has 3 nitrogen and oxygen atoms in total. The van der Waals surface area contributed by atoms with Gasteiger partial charge in [-0.15, -0.1) is 0 Å². The van der Waals surface area contributed by atoms with Crippen LogP contribution in [-0.4, -0.2) is 11.8 Å². The van der Waals surface area contributed by atoms with Crippen molar-refractivity contribution in [2.45, 2.75) is 20.8 Å². The van der Waals surface area contributed by atoms with E-state index in [1.165, 1.54) is 12.5 Å². The van der Waals surface area contributed by atoms with Crippen molar-refractivity contribution in [1.82, 2.24) is 0 Å². The predicted octanol–water partition coefficient (Wildman–Crippen LogP) is 2.64. The lowest BCUT2D eigenvalue weighted by Crippen LogP contribution is -2.09. The molecule has 0 aliphatic rings. The van der Waals surface area contributed by atoms with Gasteiger partial charge in [0.15, 0.2) is 5.90 Å². The molecular weight excluding hydrogens is 176 g/mol. The Hall–Kier alpha value is -1.64. The zero-order valence-corrected chi connectivity index (χ0v) is 8.64. The van der Waals surface area contributed by atoms with Gasteiger partial charge < -0.3 is 4.74 Å². The van der Waals surface area contributed by atoms with Crippen molar-refractivity contribution >= 4 is 11.8 Å². The lowest BCUT2D eigenvalue weighted by Gasteiger charge is -2.06. The summed E-state index contributed by atoms with van der Waals surface area (Å²) in [5.41, 5.74) is 3.02. The SMILES string of the molecule is CC(=N)OC(=N)c1ccc(C)c(C)c1. The standard InChI is InChI=1S/C11H14N2O/c1-7-4-5-10(6-8(7)2)11(13)14-9(3)12/h4-6,12-13H,1-3H3. The molecule has 2 N–H and O–H groups in total. The second kappa shape index (κ2) is 4.05. The lowest BCUT2D eigenvalue weighted by molar-refractivity contribution is 0.532. The summed E-state index contributed by atoms with van der Waals surface area (Å²) in [7, 11) is 0. The Morgan fingerprint density at radius 3 is 2.29 bits per heavy atom. The van der Waals surface area contributed by atoms with E-state index < -0.39 is 0 Å². The maximum absolute atomic E-state index is 7.56. The quantitative estimate of drug-likeness (QED) is 0.519. The van der Waals surface area contributed by atoms with Crippen molar-refractivity contribution in [2.24, 2.45) is 0 Å². The molecule has 0 fully saturated rings. The molecule has 14 heavy (non-hydrogen) atoms. The Kier molecular flexibility index (Phi) is 3.02. The van der Waals surface area contributed by atoms with Crippen molar-refractivity contribution in [1.29, 1.82) is 10.8 Å². The molecule has 0 aliphatic heterocycles. The highest BCUT2D eigenvalue weighted by atomic mass is 16.5. The van der Waals surface area contributed by atoms with Gasteiger partial charge >= 0.3 is 0 Å². The van der Waals surface area contributed by atoms with Crippen LogP contribution in [0.2, 0.25) is 0 Å². The molecule has 0 amide bonds. The third-order valence-corrected chi connectivity index (χ3v) is 2.02. The molecule has 0 heterocycles. The molecule has 0 saturated carbocycles. The van der Waals surface area contributed by atoms with Gasteiger partial charge in [0.25, 0.3) is 0 Å². The lowest BCUT2D eigenvalue weighted by atomic mass is 10.1. The van der Waals surface area contributed by atoms with Crippen LogP contribution in [0.3, 0.4) is 0 Å². The summed E-state index contributed by atoms with van der Waals surface area (Å²) in [6, 6.07) is 5.66. The summed E-state index contributed by atoms with van der Waals surface area (Å²) in [4.78, 5) is 0. The van der Waals surface area contributed by atoms with Crippen molar-refractivity contribution < 1.29 is 4.74 Å². The topological polar surface area (TPSA) is 56.9 Å². The highest BCUT2D eigenvalue weighted by Gasteiger charge is 2.04. The summed E-state index contributed by atoms with van der Waals surface area (Å²) in [5.74, 6) is 0.0637. The van der Waals surface area contributed by atoms with Crippen LogP contribution < -0.4 is 0 Å². The van der Waals surface area contributed by atoms with Gasteiger partial charge in [-0.3, -0.25) is 10.8 Å². The van der Waals surface area contributed by atoms with E-state index in [0.29, 0.717) is 5.56 Å². The fourth-order valence-corrected chi connectivity index (χ4v) is 1.09. The second-order valence-electron chi connectivity index (χ2n) is 3.29. The van der Waals surface area contributed by atoms with Crippen molar-refractivity contribution in [3.63, 3.8) is 0 Å². The molecule has 0 bridgehead atoms. The minimum Gasteiger partial charge on any atom is -0.426 e. The molecule has 0 unspecified atom stereocenters. The van der Waals surface area contributed by atoms with Crippen molar-refractivity contribution in [2.75, 3.05) is 0 Å². The first-order valence-corrected chi connectivity index (χ1v) is 4.40. The van der Waals surface area contributed by atoms with E-state index in [0.717, 1.165) is 5.56 Å². The minimum absolute atomic E-state index is 0.0283. The number of rotatable bonds is 1. The molecule has 0 atom stereocenters. The molecule has 74 valence electrons. The monoisotopic (exact) mass is 190 g/mol. The molecule has 3 heteroatoms. The van der Waals surface area contributed by atoms with Gasteiger partial charge in [0.2, 0.25) is 5.90 Å². The van der Waals surface area contributed by atoms with Crippen LogP contribution in [0, 0.1) is 24.7 Å². The zero-order valence-electron chi connectivity index (χ0n) is 8.64. The molecule has 1 aromatic carbocycles. The van der Waals surface area contributed by atoms with Gasteiger partial charge in [-0.2, -0.15) is 0 Å². The highest BCUT2D eigenvalue weighted by molar-refractivity contribution is 5.98. The average Bonchev–Trinajstić information content (AvgIpc) is 2.08. The van der Waals surface area contributed by atoms with E-state index in [1.807, 2.05) is 32.0 Å². The first-order chi connectivity index (χ1) is 6.50. The van der Waals surface area contributed by atoms with Crippen LogP contribution in [0.1, 0.15) is 23.6 Å². The fraction of sp³-hybridized carbons (Fsp3) is 0.273. The molecule has 0 aliphatic carbocycles. The molecule has 1 aromatic rings. The van der Waals surface area contributed by atoms with Gasteiger partial charge in [0.1, 0.15) is 0 Å². The number of hydrogen-bond acceptors (Lipinski definition) is 3. The highest BCUT2D eigenvalue weighted by Crippen LogP contribution is 2.10. The van der Waals surface area contributed by atoms with Crippen LogP contribution >= 0.6 is 0 Å². The van der Waals surface area contributed by atoms with Gasteiger partial charge in [-0.05, 0) is 37.1 Å². The van der Waals surface area contributed by atoms with Crippen LogP contribution in [-0.2, 0) is 4.74 Å².